The van der Waals surface area contributed by atoms with Gasteiger partial charge >= 0.3 is 0 Å². The van der Waals surface area contributed by atoms with Gasteiger partial charge in [-0.3, -0.25) is 0 Å². The molecular formula is C13H20ClN3O. The minimum absolute atomic E-state index is 0.165. The van der Waals surface area contributed by atoms with Crippen molar-refractivity contribution in [3.63, 3.8) is 0 Å². The average Bonchev–Trinajstić information content (AvgIpc) is 2.32. The molecule has 2 heterocycles. The van der Waals surface area contributed by atoms with E-state index in [0.29, 0.717) is 18.4 Å². The van der Waals surface area contributed by atoms with Gasteiger partial charge in [-0.15, -0.1) is 11.6 Å². The first kappa shape index (κ1) is 13.4. The van der Waals surface area contributed by atoms with Gasteiger partial charge in [-0.2, -0.15) is 4.98 Å². The van der Waals surface area contributed by atoms with Gasteiger partial charge in [0.2, 0.25) is 11.8 Å². The highest BCUT2D eigenvalue weighted by atomic mass is 35.5. The Morgan fingerprint density at radius 1 is 1.50 bits per heavy atom. The summed E-state index contributed by atoms with van der Waals surface area (Å²) in [6, 6.07) is 1.86. The number of hydrogen-bond donors (Lipinski definition) is 0. The second-order valence-corrected chi connectivity index (χ2v) is 5.37. The smallest absolute Gasteiger partial charge is 0.228 e. The van der Waals surface area contributed by atoms with Crippen LogP contribution < -0.4 is 9.64 Å². The summed E-state index contributed by atoms with van der Waals surface area (Å²) in [5.41, 5.74) is 0.924. The molecule has 2 atom stereocenters. The van der Waals surface area contributed by atoms with E-state index in [1.165, 1.54) is 0 Å². The van der Waals surface area contributed by atoms with Crippen LogP contribution in [0.2, 0.25) is 0 Å². The molecule has 100 valence electrons. The second kappa shape index (κ2) is 5.74. The van der Waals surface area contributed by atoms with Gasteiger partial charge < -0.3 is 9.64 Å². The molecule has 1 saturated heterocycles. The zero-order valence-electron chi connectivity index (χ0n) is 11.2. The van der Waals surface area contributed by atoms with Gasteiger partial charge in [0, 0.05) is 24.8 Å². The standard InChI is InChI=1S/C13H20ClN3O/c1-4-18-12-7-10(3)15-13(16-12)17-6-5-9(2)11(14)8-17/h7,9,11H,4-6,8H2,1-3H3. The van der Waals surface area contributed by atoms with Gasteiger partial charge in [0.05, 0.1) is 12.0 Å². The minimum Gasteiger partial charge on any atom is -0.478 e. The van der Waals surface area contributed by atoms with Gasteiger partial charge in [0.1, 0.15) is 0 Å². The van der Waals surface area contributed by atoms with Crippen molar-refractivity contribution in [1.29, 1.82) is 0 Å². The molecule has 5 heteroatoms. The topological polar surface area (TPSA) is 38.2 Å². The van der Waals surface area contributed by atoms with Gasteiger partial charge in [-0.1, -0.05) is 6.92 Å². The summed E-state index contributed by atoms with van der Waals surface area (Å²) in [6.45, 7) is 8.48. The lowest BCUT2D eigenvalue weighted by molar-refractivity contribution is 0.325. The maximum Gasteiger partial charge on any atom is 0.228 e. The molecule has 0 bridgehead atoms. The molecule has 1 aliphatic rings. The van der Waals surface area contributed by atoms with Crippen LogP contribution in [-0.4, -0.2) is 35.0 Å². The Balaban J connectivity index is 2.17. The lowest BCUT2D eigenvalue weighted by atomic mass is 9.99. The molecule has 1 aromatic rings. The summed E-state index contributed by atoms with van der Waals surface area (Å²) < 4.78 is 5.46. The van der Waals surface area contributed by atoms with E-state index in [1.54, 1.807) is 0 Å². The predicted molar refractivity (Wildman–Crippen MR) is 73.6 cm³/mol. The van der Waals surface area contributed by atoms with Crippen LogP contribution >= 0.6 is 11.6 Å². The Labute approximate surface area is 113 Å². The van der Waals surface area contributed by atoms with Crippen LogP contribution in [-0.2, 0) is 0 Å². The zero-order chi connectivity index (χ0) is 13.1. The van der Waals surface area contributed by atoms with Gasteiger partial charge in [0.15, 0.2) is 0 Å². The average molecular weight is 270 g/mol. The molecule has 0 amide bonds. The van der Waals surface area contributed by atoms with Crippen LogP contribution in [0.5, 0.6) is 5.88 Å². The number of aromatic nitrogens is 2. The van der Waals surface area contributed by atoms with E-state index in [9.17, 15) is 0 Å². The SMILES string of the molecule is CCOc1cc(C)nc(N2CCC(C)C(Cl)C2)n1. The van der Waals surface area contributed by atoms with E-state index in [0.717, 1.165) is 31.2 Å². The highest BCUT2D eigenvalue weighted by Crippen LogP contribution is 2.25. The van der Waals surface area contributed by atoms with E-state index in [2.05, 4.69) is 21.8 Å². The Hall–Kier alpha value is -1.03. The number of rotatable bonds is 3. The summed E-state index contributed by atoms with van der Waals surface area (Å²) in [4.78, 5) is 11.1. The van der Waals surface area contributed by atoms with Crippen molar-refractivity contribution < 1.29 is 4.74 Å². The Kier molecular flexibility index (Phi) is 4.27. The van der Waals surface area contributed by atoms with E-state index >= 15 is 0 Å². The number of halogens is 1. The maximum atomic E-state index is 6.32. The molecule has 2 rings (SSSR count). The van der Waals surface area contributed by atoms with Gasteiger partial charge in [-0.05, 0) is 26.2 Å². The molecule has 18 heavy (non-hydrogen) atoms. The van der Waals surface area contributed by atoms with E-state index in [-0.39, 0.29) is 5.38 Å². The molecule has 2 unspecified atom stereocenters. The molecule has 0 N–H and O–H groups in total. The first-order valence-corrected chi connectivity index (χ1v) is 6.91. The number of piperidine rings is 1. The summed E-state index contributed by atoms with van der Waals surface area (Å²) in [5.74, 6) is 1.93. The zero-order valence-corrected chi connectivity index (χ0v) is 11.9. The normalized spacial score (nSPS) is 24.1. The van der Waals surface area contributed by atoms with Crippen molar-refractivity contribution in [2.24, 2.45) is 5.92 Å². The van der Waals surface area contributed by atoms with Crippen LogP contribution in [0.25, 0.3) is 0 Å². The highest BCUT2D eigenvalue weighted by Gasteiger charge is 2.26. The molecule has 0 saturated carbocycles. The molecule has 0 spiro atoms. The number of anilines is 1. The van der Waals surface area contributed by atoms with Crippen LogP contribution in [0.15, 0.2) is 6.07 Å². The molecular weight excluding hydrogens is 250 g/mol. The van der Waals surface area contributed by atoms with Crippen molar-refractivity contribution >= 4 is 17.5 Å². The van der Waals surface area contributed by atoms with Crippen LogP contribution in [0.3, 0.4) is 0 Å². The first-order valence-electron chi connectivity index (χ1n) is 6.47. The fraction of sp³-hybridized carbons (Fsp3) is 0.692. The molecule has 0 aliphatic carbocycles. The fourth-order valence-corrected chi connectivity index (χ4v) is 2.38. The van der Waals surface area contributed by atoms with Crippen molar-refractivity contribution in [3.05, 3.63) is 11.8 Å². The summed E-state index contributed by atoms with van der Waals surface area (Å²) in [7, 11) is 0. The molecule has 1 aromatic heterocycles. The Morgan fingerprint density at radius 3 is 2.94 bits per heavy atom. The number of hydrogen-bond acceptors (Lipinski definition) is 4. The lowest BCUT2D eigenvalue weighted by Crippen LogP contribution is -2.41. The number of aryl methyl sites for hydroxylation is 1. The quantitative estimate of drug-likeness (QED) is 0.791. The number of nitrogens with zero attached hydrogens (tertiary/aromatic N) is 3. The van der Waals surface area contributed by atoms with Crippen molar-refractivity contribution in [2.75, 3.05) is 24.6 Å². The first-order chi connectivity index (χ1) is 8.60. The third-order valence-electron chi connectivity index (χ3n) is 3.26. The summed E-state index contributed by atoms with van der Waals surface area (Å²) in [6.07, 6.45) is 1.08. The summed E-state index contributed by atoms with van der Waals surface area (Å²) in [5, 5.41) is 0.165. The molecule has 4 nitrogen and oxygen atoms in total. The summed E-state index contributed by atoms with van der Waals surface area (Å²) >= 11 is 6.32. The van der Waals surface area contributed by atoms with Crippen molar-refractivity contribution in [1.82, 2.24) is 9.97 Å². The van der Waals surface area contributed by atoms with Crippen LogP contribution in [0.1, 0.15) is 26.0 Å². The second-order valence-electron chi connectivity index (χ2n) is 4.81. The highest BCUT2D eigenvalue weighted by molar-refractivity contribution is 6.21. The van der Waals surface area contributed by atoms with Gasteiger partial charge in [-0.25, -0.2) is 4.98 Å². The van der Waals surface area contributed by atoms with Gasteiger partial charge in [0.25, 0.3) is 0 Å². The Morgan fingerprint density at radius 2 is 2.28 bits per heavy atom. The van der Waals surface area contributed by atoms with Crippen molar-refractivity contribution in [3.8, 4) is 5.88 Å². The molecule has 1 aliphatic heterocycles. The van der Waals surface area contributed by atoms with Crippen molar-refractivity contribution in [2.45, 2.75) is 32.6 Å². The monoisotopic (exact) mass is 269 g/mol. The minimum atomic E-state index is 0.165. The molecule has 1 fully saturated rings. The van der Waals surface area contributed by atoms with Crippen LogP contribution in [0, 0.1) is 12.8 Å². The van der Waals surface area contributed by atoms with Crippen LogP contribution in [0.4, 0.5) is 5.95 Å². The maximum absolute atomic E-state index is 6.32. The number of ether oxygens (including phenoxy) is 1. The lowest BCUT2D eigenvalue weighted by Gasteiger charge is -2.34. The largest absolute Gasteiger partial charge is 0.478 e. The Bertz CT molecular complexity index is 413. The number of alkyl halides is 1. The third kappa shape index (κ3) is 3.05. The van der Waals surface area contributed by atoms with E-state index in [4.69, 9.17) is 16.3 Å². The molecule has 0 aromatic carbocycles. The van der Waals surface area contributed by atoms with E-state index in [1.807, 2.05) is 19.9 Å². The fourth-order valence-electron chi connectivity index (χ4n) is 2.09. The molecule has 0 radical (unpaired) electrons. The third-order valence-corrected chi connectivity index (χ3v) is 3.83. The predicted octanol–water partition coefficient (Wildman–Crippen LogP) is 2.64. The van der Waals surface area contributed by atoms with E-state index < -0.39 is 0 Å².